The maximum Gasteiger partial charge on any atom is 0.339 e. The van der Waals surface area contributed by atoms with Crippen molar-refractivity contribution in [3.05, 3.63) is 64.7 Å². The lowest BCUT2D eigenvalue weighted by atomic mass is 10.2. The van der Waals surface area contributed by atoms with Crippen LogP contribution in [0.5, 0.6) is 0 Å². The molecule has 0 heterocycles. The van der Waals surface area contributed by atoms with E-state index in [2.05, 4.69) is 5.32 Å². The van der Waals surface area contributed by atoms with Crippen LogP contribution in [0.1, 0.15) is 17.3 Å². The third-order valence-corrected chi connectivity index (χ3v) is 3.12. The van der Waals surface area contributed by atoms with Crippen LogP contribution in [0.15, 0.2) is 42.5 Å². The second-order valence-corrected chi connectivity index (χ2v) is 5.14. The summed E-state index contributed by atoms with van der Waals surface area (Å²) in [6, 6.07) is 8.62. The normalized spacial score (nSPS) is 11.7. The number of rotatable bonds is 4. The second-order valence-electron chi connectivity index (χ2n) is 4.70. The number of hydrogen-bond donors (Lipinski definition) is 1. The average Bonchev–Trinajstić information content (AvgIpc) is 2.48. The number of esters is 1. The first kappa shape index (κ1) is 16.9. The minimum Gasteiger partial charge on any atom is -0.449 e. The van der Waals surface area contributed by atoms with Gasteiger partial charge in [0.25, 0.3) is 5.91 Å². The van der Waals surface area contributed by atoms with E-state index in [0.717, 1.165) is 12.1 Å². The van der Waals surface area contributed by atoms with E-state index in [4.69, 9.17) is 16.3 Å². The van der Waals surface area contributed by atoms with Gasteiger partial charge in [-0.1, -0.05) is 11.6 Å². The van der Waals surface area contributed by atoms with Gasteiger partial charge >= 0.3 is 5.97 Å². The number of ether oxygens (including phenoxy) is 1. The van der Waals surface area contributed by atoms with Gasteiger partial charge in [-0.25, -0.2) is 13.6 Å². The van der Waals surface area contributed by atoms with Crippen LogP contribution < -0.4 is 5.32 Å². The quantitative estimate of drug-likeness (QED) is 0.862. The number of amides is 1. The SMILES string of the molecule is CC(OC(=O)c1cc(F)cc(F)c1)C(=O)Nc1ccc(Cl)cc1. The highest BCUT2D eigenvalue weighted by Gasteiger charge is 2.20. The summed E-state index contributed by atoms with van der Waals surface area (Å²) in [6.07, 6.45) is -1.15. The number of carbonyl (C=O) groups excluding carboxylic acids is 2. The molecule has 1 N–H and O–H groups in total. The Labute approximate surface area is 136 Å². The zero-order chi connectivity index (χ0) is 17.0. The molecule has 4 nitrogen and oxygen atoms in total. The maximum atomic E-state index is 13.1. The molecule has 7 heteroatoms. The fourth-order valence-corrected chi connectivity index (χ4v) is 1.86. The molecule has 120 valence electrons. The van der Waals surface area contributed by atoms with Gasteiger partial charge in [-0.05, 0) is 43.3 Å². The Kier molecular flexibility index (Phi) is 5.28. The van der Waals surface area contributed by atoms with Crippen LogP contribution in [-0.2, 0) is 9.53 Å². The Morgan fingerprint density at radius 3 is 2.22 bits per heavy atom. The summed E-state index contributed by atoms with van der Waals surface area (Å²) in [5.41, 5.74) is 0.160. The minimum absolute atomic E-state index is 0.311. The van der Waals surface area contributed by atoms with Gasteiger partial charge in [0.05, 0.1) is 5.56 Å². The molecular weight excluding hydrogens is 328 g/mol. The van der Waals surface area contributed by atoms with E-state index in [1.54, 1.807) is 24.3 Å². The van der Waals surface area contributed by atoms with Gasteiger partial charge in [0, 0.05) is 16.8 Å². The summed E-state index contributed by atoms with van der Waals surface area (Å²) in [6.45, 7) is 1.35. The molecule has 0 aliphatic heterocycles. The third kappa shape index (κ3) is 4.75. The molecule has 0 saturated heterocycles. The van der Waals surface area contributed by atoms with E-state index in [1.807, 2.05) is 0 Å². The van der Waals surface area contributed by atoms with E-state index >= 15 is 0 Å². The summed E-state index contributed by atoms with van der Waals surface area (Å²) < 4.78 is 31.0. The molecule has 0 aromatic heterocycles. The molecule has 2 aromatic carbocycles. The van der Waals surface area contributed by atoms with Crippen molar-refractivity contribution in [1.29, 1.82) is 0 Å². The molecule has 0 aliphatic carbocycles. The summed E-state index contributed by atoms with van der Waals surface area (Å²) in [5.74, 6) is -3.40. The third-order valence-electron chi connectivity index (χ3n) is 2.86. The smallest absolute Gasteiger partial charge is 0.339 e. The topological polar surface area (TPSA) is 55.4 Å². The Morgan fingerprint density at radius 2 is 1.65 bits per heavy atom. The lowest BCUT2D eigenvalue weighted by Gasteiger charge is -2.13. The minimum atomic E-state index is -1.15. The summed E-state index contributed by atoms with van der Waals surface area (Å²) >= 11 is 5.73. The van der Waals surface area contributed by atoms with Crippen molar-refractivity contribution < 1.29 is 23.1 Å². The van der Waals surface area contributed by atoms with Gasteiger partial charge < -0.3 is 10.1 Å². The van der Waals surface area contributed by atoms with Crippen molar-refractivity contribution in [3.8, 4) is 0 Å². The number of carbonyl (C=O) groups is 2. The van der Waals surface area contributed by atoms with Gasteiger partial charge in [-0.15, -0.1) is 0 Å². The first-order valence-electron chi connectivity index (χ1n) is 6.58. The largest absolute Gasteiger partial charge is 0.449 e. The molecule has 0 radical (unpaired) electrons. The van der Waals surface area contributed by atoms with Crippen molar-refractivity contribution in [2.75, 3.05) is 5.32 Å². The van der Waals surface area contributed by atoms with Gasteiger partial charge in [0.1, 0.15) is 11.6 Å². The van der Waals surface area contributed by atoms with Gasteiger partial charge in [-0.3, -0.25) is 4.79 Å². The molecule has 0 bridgehead atoms. The van der Waals surface area contributed by atoms with E-state index in [0.29, 0.717) is 16.8 Å². The highest BCUT2D eigenvalue weighted by atomic mass is 35.5. The Hall–Kier alpha value is -2.47. The lowest BCUT2D eigenvalue weighted by molar-refractivity contribution is -0.123. The van der Waals surface area contributed by atoms with E-state index in [-0.39, 0.29) is 5.56 Å². The predicted molar refractivity (Wildman–Crippen MR) is 81.3 cm³/mol. The molecule has 1 unspecified atom stereocenters. The highest BCUT2D eigenvalue weighted by Crippen LogP contribution is 2.15. The molecule has 23 heavy (non-hydrogen) atoms. The summed E-state index contributed by atoms with van der Waals surface area (Å²) in [7, 11) is 0. The van der Waals surface area contributed by atoms with Crippen LogP contribution in [0.25, 0.3) is 0 Å². The molecule has 0 aliphatic rings. The summed E-state index contributed by atoms with van der Waals surface area (Å²) in [5, 5.41) is 3.04. The van der Waals surface area contributed by atoms with Gasteiger partial charge in [0.15, 0.2) is 6.10 Å². The van der Waals surface area contributed by atoms with E-state index in [1.165, 1.54) is 6.92 Å². The first-order valence-corrected chi connectivity index (χ1v) is 6.96. The zero-order valence-electron chi connectivity index (χ0n) is 12.0. The molecular formula is C16H12ClF2NO3. The van der Waals surface area contributed by atoms with Crippen molar-refractivity contribution in [1.82, 2.24) is 0 Å². The van der Waals surface area contributed by atoms with Crippen molar-refractivity contribution in [2.45, 2.75) is 13.0 Å². The molecule has 2 aromatic rings. The van der Waals surface area contributed by atoms with Gasteiger partial charge in [-0.2, -0.15) is 0 Å². The Balaban J connectivity index is 1.99. The number of hydrogen-bond acceptors (Lipinski definition) is 3. The zero-order valence-corrected chi connectivity index (χ0v) is 12.7. The highest BCUT2D eigenvalue weighted by molar-refractivity contribution is 6.30. The fourth-order valence-electron chi connectivity index (χ4n) is 1.73. The van der Waals surface area contributed by atoms with Crippen molar-refractivity contribution in [3.63, 3.8) is 0 Å². The fraction of sp³-hybridized carbons (Fsp3) is 0.125. The van der Waals surface area contributed by atoms with Crippen LogP contribution in [0.3, 0.4) is 0 Å². The average molecular weight is 340 g/mol. The molecule has 1 atom stereocenters. The lowest BCUT2D eigenvalue weighted by Crippen LogP contribution is -2.30. The standard InChI is InChI=1S/C16H12ClF2NO3/c1-9(15(21)20-14-4-2-11(17)3-5-14)23-16(22)10-6-12(18)8-13(19)7-10/h2-9H,1H3,(H,20,21). The maximum absolute atomic E-state index is 13.1. The Bertz CT molecular complexity index is 714. The predicted octanol–water partition coefficient (Wildman–Crippen LogP) is 3.80. The number of nitrogens with one attached hydrogen (secondary N) is 1. The summed E-state index contributed by atoms with van der Waals surface area (Å²) in [4.78, 5) is 23.7. The van der Waals surface area contributed by atoms with Crippen LogP contribution >= 0.6 is 11.6 Å². The monoisotopic (exact) mass is 339 g/mol. The second kappa shape index (κ2) is 7.19. The molecule has 2 rings (SSSR count). The van der Waals surface area contributed by atoms with Gasteiger partial charge in [0.2, 0.25) is 0 Å². The van der Waals surface area contributed by atoms with Crippen LogP contribution in [0, 0.1) is 11.6 Å². The number of anilines is 1. The molecule has 0 spiro atoms. The molecule has 0 fully saturated rings. The number of halogens is 3. The van der Waals surface area contributed by atoms with E-state index < -0.39 is 29.6 Å². The molecule has 1 amide bonds. The van der Waals surface area contributed by atoms with Crippen LogP contribution in [0.2, 0.25) is 5.02 Å². The first-order chi connectivity index (χ1) is 10.8. The van der Waals surface area contributed by atoms with Crippen molar-refractivity contribution >= 4 is 29.2 Å². The van der Waals surface area contributed by atoms with E-state index in [9.17, 15) is 18.4 Å². The molecule has 0 saturated carbocycles. The number of benzene rings is 2. The van der Waals surface area contributed by atoms with Crippen molar-refractivity contribution in [2.24, 2.45) is 0 Å². The van der Waals surface area contributed by atoms with Crippen LogP contribution in [0.4, 0.5) is 14.5 Å². The van der Waals surface area contributed by atoms with Crippen LogP contribution in [-0.4, -0.2) is 18.0 Å². The Morgan fingerprint density at radius 1 is 1.09 bits per heavy atom.